The molecule has 4 aromatic rings. The number of nitrogens with two attached hydrogens (primary N) is 1. The number of benzene rings is 3. The average Bonchev–Trinajstić information content (AvgIpc) is 3.13. The topological polar surface area (TPSA) is 128 Å². The van der Waals surface area contributed by atoms with Crippen LogP contribution < -0.4 is 10.5 Å². The van der Waals surface area contributed by atoms with Crippen molar-refractivity contribution in [2.75, 3.05) is 12.3 Å². The first-order valence-corrected chi connectivity index (χ1v) is 12.7. The lowest BCUT2D eigenvalue weighted by atomic mass is 10.0. The van der Waals surface area contributed by atoms with Crippen LogP contribution in [0.4, 0.5) is 0 Å². The van der Waals surface area contributed by atoms with Gasteiger partial charge in [0, 0.05) is 23.1 Å². The van der Waals surface area contributed by atoms with E-state index in [1.807, 2.05) is 24.3 Å². The normalized spacial score (nSPS) is 12.0. The van der Waals surface area contributed by atoms with Gasteiger partial charge in [-0.25, -0.2) is 18.5 Å². The van der Waals surface area contributed by atoms with Crippen molar-refractivity contribution in [3.05, 3.63) is 66.2 Å². The van der Waals surface area contributed by atoms with Crippen molar-refractivity contribution in [1.82, 2.24) is 20.5 Å². The van der Waals surface area contributed by atoms with Crippen LogP contribution in [0.3, 0.4) is 0 Å². The second kappa shape index (κ2) is 8.54. The molecule has 0 radical (unpaired) electrons. The van der Waals surface area contributed by atoms with E-state index in [2.05, 4.69) is 32.6 Å². The van der Waals surface area contributed by atoms with Crippen LogP contribution >= 0.6 is 11.8 Å². The third kappa shape index (κ3) is 4.32. The molecule has 3 N–H and O–H groups in total. The molecule has 166 valence electrons. The number of aromatic nitrogens is 3. The second-order valence-corrected chi connectivity index (χ2v) is 10.1. The summed E-state index contributed by atoms with van der Waals surface area (Å²) in [7, 11) is -3.71. The van der Waals surface area contributed by atoms with E-state index in [1.165, 1.54) is 23.9 Å². The smallest absolute Gasteiger partial charge is 0.238 e. The molecule has 0 saturated heterocycles. The van der Waals surface area contributed by atoms with Crippen LogP contribution in [0.15, 0.2) is 70.7 Å². The van der Waals surface area contributed by atoms with Gasteiger partial charge in [0.15, 0.2) is 0 Å². The molecule has 0 unspecified atom stereocenters. The molecule has 0 fully saturated rings. The number of hydrogen-bond donors (Lipinski definition) is 2. The molecule has 1 heterocycles. The van der Waals surface area contributed by atoms with Gasteiger partial charge in [-0.15, -0.1) is 10.2 Å². The molecular formula is C23H19N5O3S2. The maximum absolute atomic E-state index is 12.3. The number of amides is 1. The number of carbonyl (C=O) groups is 1. The Kier molecular flexibility index (Phi) is 5.57. The zero-order valence-corrected chi connectivity index (χ0v) is 19.0. The summed E-state index contributed by atoms with van der Waals surface area (Å²) in [6, 6.07) is 18.5. The number of primary sulfonamides is 1. The Hall–Kier alpha value is -3.34. The number of fused-ring (bicyclic) bond motifs is 3. The summed E-state index contributed by atoms with van der Waals surface area (Å²) in [5.74, 6) is 0.0257. The molecule has 10 heteroatoms. The minimum absolute atomic E-state index is 0.0639. The first-order chi connectivity index (χ1) is 15.9. The van der Waals surface area contributed by atoms with Crippen molar-refractivity contribution in [3.8, 4) is 22.5 Å². The maximum atomic E-state index is 12.3. The summed E-state index contributed by atoms with van der Waals surface area (Å²) in [6.45, 7) is 0.425. The van der Waals surface area contributed by atoms with Crippen LogP contribution in [-0.4, -0.2) is 41.8 Å². The molecule has 8 nitrogen and oxygen atoms in total. The number of hydrogen-bond acceptors (Lipinski definition) is 7. The first-order valence-electron chi connectivity index (χ1n) is 10.2. The van der Waals surface area contributed by atoms with Crippen LogP contribution in [0.1, 0.15) is 5.56 Å². The molecule has 1 amide bonds. The van der Waals surface area contributed by atoms with E-state index in [0.29, 0.717) is 18.1 Å². The lowest BCUT2D eigenvalue weighted by Gasteiger charge is -2.06. The quantitative estimate of drug-likeness (QED) is 0.345. The van der Waals surface area contributed by atoms with Crippen molar-refractivity contribution in [3.63, 3.8) is 0 Å². The number of thioether (sulfide) groups is 1. The van der Waals surface area contributed by atoms with Crippen molar-refractivity contribution in [2.24, 2.45) is 5.14 Å². The van der Waals surface area contributed by atoms with Crippen molar-refractivity contribution >= 4 is 38.5 Å². The van der Waals surface area contributed by atoms with Gasteiger partial charge in [-0.1, -0.05) is 60.3 Å². The summed E-state index contributed by atoms with van der Waals surface area (Å²) in [5, 5.41) is 19.3. The third-order valence-electron chi connectivity index (χ3n) is 5.40. The summed E-state index contributed by atoms with van der Waals surface area (Å²) >= 11 is 1.24. The largest absolute Gasteiger partial charge is 0.355 e. The summed E-state index contributed by atoms with van der Waals surface area (Å²) < 4.78 is 22.6. The van der Waals surface area contributed by atoms with E-state index in [1.54, 1.807) is 12.1 Å². The van der Waals surface area contributed by atoms with Crippen LogP contribution in [0.2, 0.25) is 0 Å². The number of nitrogens with zero attached hydrogens (tertiary/aromatic N) is 3. The zero-order valence-electron chi connectivity index (χ0n) is 17.4. The SMILES string of the molecule is NS(=O)(=O)c1ccc(CCNC(=O)CSc2nnc3c(n2)-c2cccc4cccc-3c24)cc1. The lowest BCUT2D eigenvalue weighted by Crippen LogP contribution is -2.27. The second-order valence-electron chi connectivity index (χ2n) is 7.58. The van der Waals surface area contributed by atoms with Gasteiger partial charge >= 0.3 is 0 Å². The van der Waals surface area contributed by atoms with E-state index in [-0.39, 0.29) is 16.6 Å². The van der Waals surface area contributed by atoms with Crippen LogP contribution in [0.5, 0.6) is 0 Å². The fourth-order valence-electron chi connectivity index (χ4n) is 3.85. The molecule has 0 aliphatic heterocycles. The van der Waals surface area contributed by atoms with Gasteiger partial charge in [0.2, 0.25) is 21.1 Å². The van der Waals surface area contributed by atoms with E-state index in [4.69, 9.17) is 5.14 Å². The van der Waals surface area contributed by atoms with Gasteiger partial charge in [0.25, 0.3) is 0 Å². The van der Waals surface area contributed by atoms with Gasteiger partial charge in [0.05, 0.1) is 10.6 Å². The van der Waals surface area contributed by atoms with E-state index in [9.17, 15) is 13.2 Å². The Morgan fingerprint density at radius 3 is 2.33 bits per heavy atom. The molecule has 33 heavy (non-hydrogen) atoms. The predicted octanol–water partition coefficient (Wildman–Crippen LogP) is 2.77. The van der Waals surface area contributed by atoms with Gasteiger partial charge in [-0.3, -0.25) is 4.79 Å². The molecule has 0 spiro atoms. The molecule has 1 aliphatic rings. The number of rotatable bonds is 7. The molecule has 0 atom stereocenters. The fraction of sp³-hybridized carbons (Fsp3) is 0.130. The van der Waals surface area contributed by atoms with Gasteiger partial charge in [0.1, 0.15) is 11.4 Å². The highest BCUT2D eigenvalue weighted by molar-refractivity contribution is 7.99. The molecular weight excluding hydrogens is 458 g/mol. The molecule has 1 aliphatic carbocycles. The van der Waals surface area contributed by atoms with Crippen molar-refractivity contribution in [1.29, 1.82) is 0 Å². The highest BCUT2D eigenvalue weighted by Gasteiger charge is 2.25. The average molecular weight is 478 g/mol. The lowest BCUT2D eigenvalue weighted by molar-refractivity contribution is -0.118. The number of carbonyl (C=O) groups excluding carboxylic acids is 1. The van der Waals surface area contributed by atoms with Crippen LogP contribution in [0, 0.1) is 0 Å². The minimum atomic E-state index is -3.71. The van der Waals surface area contributed by atoms with Gasteiger partial charge in [-0.05, 0) is 29.5 Å². The maximum Gasteiger partial charge on any atom is 0.238 e. The predicted molar refractivity (Wildman–Crippen MR) is 127 cm³/mol. The highest BCUT2D eigenvalue weighted by Crippen LogP contribution is 2.44. The van der Waals surface area contributed by atoms with E-state index >= 15 is 0 Å². The molecule has 0 saturated carbocycles. The summed E-state index contributed by atoms with van der Waals surface area (Å²) in [6.07, 6.45) is 0.570. The summed E-state index contributed by atoms with van der Waals surface area (Å²) in [5.41, 5.74) is 4.53. The summed E-state index contributed by atoms with van der Waals surface area (Å²) in [4.78, 5) is 17.0. The highest BCUT2D eigenvalue weighted by atomic mass is 32.2. The fourth-order valence-corrected chi connectivity index (χ4v) is 4.98. The van der Waals surface area contributed by atoms with Gasteiger partial charge in [-0.2, -0.15) is 0 Å². The van der Waals surface area contributed by atoms with Crippen molar-refractivity contribution < 1.29 is 13.2 Å². The zero-order chi connectivity index (χ0) is 23.0. The molecule has 3 aromatic carbocycles. The Morgan fingerprint density at radius 2 is 1.64 bits per heavy atom. The Labute approximate surface area is 194 Å². The number of sulfonamides is 1. The van der Waals surface area contributed by atoms with Crippen LogP contribution in [0.25, 0.3) is 33.3 Å². The van der Waals surface area contributed by atoms with Crippen molar-refractivity contribution in [2.45, 2.75) is 16.5 Å². The van der Waals surface area contributed by atoms with E-state index < -0.39 is 10.0 Å². The van der Waals surface area contributed by atoms with Crippen LogP contribution in [-0.2, 0) is 21.2 Å². The Morgan fingerprint density at radius 1 is 0.939 bits per heavy atom. The minimum Gasteiger partial charge on any atom is -0.355 e. The number of nitrogens with one attached hydrogen (secondary N) is 1. The van der Waals surface area contributed by atoms with E-state index in [0.717, 1.165) is 38.9 Å². The molecule has 5 rings (SSSR count). The third-order valence-corrected chi connectivity index (χ3v) is 7.17. The Bertz CT molecular complexity index is 1480. The Balaban J connectivity index is 1.18. The standard InChI is InChI=1S/C23H19N5O3S2/c24-33(30,31)16-9-7-14(8-10-16)11-12-25-19(29)13-32-23-26-21-17-5-1-3-15-4-2-6-18(20(15)17)22(21)27-28-23/h1-10H,11-13H2,(H,25,29)(H2,24,30,31). The molecule has 1 aromatic heterocycles. The monoisotopic (exact) mass is 477 g/mol. The molecule has 0 bridgehead atoms. The van der Waals surface area contributed by atoms with Gasteiger partial charge < -0.3 is 5.32 Å². The first kappa shape index (κ1) is 21.5.